The van der Waals surface area contributed by atoms with Gasteiger partial charge in [-0.25, -0.2) is 4.79 Å². The maximum Gasteiger partial charge on any atom is 0.324 e. The van der Waals surface area contributed by atoms with Crippen molar-refractivity contribution in [2.24, 2.45) is 0 Å². The largest absolute Gasteiger partial charge is 0.456 e. The summed E-state index contributed by atoms with van der Waals surface area (Å²) < 4.78 is 20.5. The highest BCUT2D eigenvalue weighted by atomic mass is 16.7. The maximum atomic E-state index is 12.2. The lowest BCUT2D eigenvalue weighted by molar-refractivity contribution is -0.252. The summed E-state index contributed by atoms with van der Waals surface area (Å²) >= 11 is 0. The summed E-state index contributed by atoms with van der Waals surface area (Å²) in [5.41, 5.74) is -2.08. The Hall–Kier alpha value is -2.69. The Balaban J connectivity index is 2.42. The number of hydrogen-bond acceptors (Lipinski definition) is 9. The average molecular weight is 344 g/mol. The SMILES string of the molecule is CC(=O)O[C@@H]1[C@@H](OC(C)=O)[C@@]2(NC(=O)NC2=O)OC[C@H]1OC(C)=O. The molecule has 2 aliphatic heterocycles. The van der Waals surface area contributed by atoms with Gasteiger partial charge in [-0.05, 0) is 0 Å². The Morgan fingerprint density at radius 3 is 2.08 bits per heavy atom. The third kappa shape index (κ3) is 3.30. The van der Waals surface area contributed by atoms with Gasteiger partial charge in [0.2, 0.25) is 0 Å². The lowest BCUT2D eigenvalue weighted by atomic mass is 9.93. The highest BCUT2D eigenvalue weighted by Gasteiger charge is 2.64. The molecule has 0 radical (unpaired) electrons. The highest BCUT2D eigenvalue weighted by molar-refractivity contribution is 6.06. The van der Waals surface area contributed by atoms with Crippen molar-refractivity contribution < 1.29 is 42.9 Å². The summed E-state index contributed by atoms with van der Waals surface area (Å²) in [5, 5.41) is 4.18. The van der Waals surface area contributed by atoms with E-state index in [4.69, 9.17) is 18.9 Å². The number of esters is 3. The van der Waals surface area contributed by atoms with E-state index in [1.165, 1.54) is 0 Å². The zero-order chi connectivity index (χ0) is 18.1. The lowest BCUT2D eigenvalue weighted by Gasteiger charge is -2.44. The number of rotatable bonds is 3. The van der Waals surface area contributed by atoms with Gasteiger partial charge in [0.1, 0.15) is 0 Å². The summed E-state index contributed by atoms with van der Waals surface area (Å²) in [6.45, 7) is 2.90. The topological polar surface area (TPSA) is 146 Å². The van der Waals surface area contributed by atoms with Crippen molar-refractivity contribution in [3.63, 3.8) is 0 Å². The van der Waals surface area contributed by atoms with Crippen LogP contribution in [0, 0.1) is 0 Å². The number of carbonyl (C=O) groups is 5. The molecule has 3 amide bonds. The van der Waals surface area contributed by atoms with Gasteiger partial charge in [-0.3, -0.25) is 29.8 Å². The van der Waals surface area contributed by atoms with E-state index in [-0.39, 0.29) is 6.61 Å². The Morgan fingerprint density at radius 2 is 1.62 bits per heavy atom. The van der Waals surface area contributed by atoms with Crippen LogP contribution in [-0.2, 0) is 38.1 Å². The van der Waals surface area contributed by atoms with Gasteiger partial charge < -0.3 is 18.9 Å². The minimum absolute atomic E-state index is 0.372. The Bertz CT molecular complexity index is 604. The van der Waals surface area contributed by atoms with E-state index in [1.807, 2.05) is 5.32 Å². The van der Waals surface area contributed by atoms with E-state index in [1.54, 1.807) is 0 Å². The molecule has 0 aromatic rings. The third-order valence-corrected chi connectivity index (χ3v) is 3.32. The fraction of sp³-hybridized carbons (Fsp3) is 0.615. The van der Waals surface area contributed by atoms with Crippen LogP contribution < -0.4 is 10.6 Å². The van der Waals surface area contributed by atoms with Gasteiger partial charge in [-0.1, -0.05) is 0 Å². The molecular formula is C13H16N2O9. The van der Waals surface area contributed by atoms with E-state index < -0.39 is 53.9 Å². The molecule has 132 valence electrons. The molecule has 0 aromatic heterocycles. The predicted molar refractivity (Wildman–Crippen MR) is 72.0 cm³/mol. The number of ether oxygens (including phenoxy) is 4. The standard InChI is InChI=1S/C13H16N2O9/c1-5(16)22-8-4-21-13(11(19)14-12(20)15-13)10(24-7(3)18)9(8)23-6(2)17/h8-10H,4H2,1-3H3,(H2,14,15,19,20)/t8-,9+,10-,13-/m1/s1. The van der Waals surface area contributed by atoms with Crippen LogP contribution in [0.5, 0.6) is 0 Å². The minimum atomic E-state index is -2.08. The summed E-state index contributed by atoms with van der Waals surface area (Å²) in [6.07, 6.45) is -4.04. The van der Waals surface area contributed by atoms with Crippen molar-refractivity contribution in [3.8, 4) is 0 Å². The zero-order valence-electron chi connectivity index (χ0n) is 13.1. The second-order valence-corrected chi connectivity index (χ2v) is 5.21. The van der Waals surface area contributed by atoms with E-state index in [9.17, 15) is 24.0 Å². The maximum absolute atomic E-state index is 12.2. The first-order chi connectivity index (χ1) is 11.2. The molecule has 0 unspecified atom stereocenters. The molecule has 1 spiro atoms. The first-order valence-corrected chi connectivity index (χ1v) is 6.95. The Kier molecular flexibility index (Phi) is 4.73. The molecule has 24 heavy (non-hydrogen) atoms. The van der Waals surface area contributed by atoms with Crippen LogP contribution in [0.25, 0.3) is 0 Å². The number of hydrogen-bond donors (Lipinski definition) is 2. The number of nitrogens with one attached hydrogen (secondary N) is 2. The second kappa shape index (κ2) is 6.43. The normalized spacial score (nSPS) is 31.9. The first kappa shape index (κ1) is 17.7. The Labute approximate surface area is 135 Å². The fourth-order valence-corrected chi connectivity index (χ4v) is 2.54. The third-order valence-electron chi connectivity index (χ3n) is 3.32. The molecule has 2 saturated heterocycles. The molecule has 11 heteroatoms. The van der Waals surface area contributed by atoms with Crippen molar-refractivity contribution in [2.45, 2.75) is 44.8 Å². The molecule has 2 fully saturated rings. The van der Waals surface area contributed by atoms with Gasteiger partial charge in [0, 0.05) is 20.8 Å². The summed E-state index contributed by atoms with van der Waals surface area (Å²) in [6, 6.07) is -0.871. The molecular weight excluding hydrogens is 328 g/mol. The van der Waals surface area contributed by atoms with E-state index in [0.29, 0.717) is 0 Å². The van der Waals surface area contributed by atoms with Crippen LogP contribution >= 0.6 is 0 Å². The molecule has 0 saturated carbocycles. The number of amides is 3. The van der Waals surface area contributed by atoms with E-state index >= 15 is 0 Å². The van der Waals surface area contributed by atoms with Crippen molar-refractivity contribution in [1.82, 2.24) is 10.6 Å². The molecule has 0 aromatic carbocycles. The minimum Gasteiger partial charge on any atom is -0.456 e. The monoisotopic (exact) mass is 344 g/mol. The highest BCUT2D eigenvalue weighted by Crippen LogP contribution is 2.32. The van der Waals surface area contributed by atoms with Gasteiger partial charge in [0.15, 0.2) is 18.3 Å². The molecule has 2 N–H and O–H groups in total. The second-order valence-electron chi connectivity index (χ2n) is 5.21. The van der Waals surface area contributed by atoms with Gasteiger partial charge in [0.05, 0.1) is 6.61 Å². The van der Waals surface area contributed by atoms with Crippen molar-refractivity contribution in [3.05, 3.63) is 0 Å². The summed E-state index contributed by atoms with van der Waals surface area (Å²) in [7, 11) is 0. The van der Waals surface area contributed by atoms with Crippen LogP contribution in [0.4, 0.5) is 4.79 Å². The van der Waals surface area contributed by atoms with Crippen LogP contribution in [0.15, 0.2) is 0 Å². The van der Waals surface area contributed by atoms with E-state index in [2.05, 4.69) is 5.32 Å². The summed E-state index contributed by atoms with van der Waals surface area (Å²) in [5.74, 6) is -3.20. The number of imide groups is 1. The van der Waals surface area contributed by atoms with Gasteiger partial charge >= 0.3 is 23.9 Å². The number of carbonyl (C=O) groups excluding carboxylic acids is 5. The quantitative estimate of drug-likeness (QED) is 0.349. The Morgan fingerprint density at radius 1 is 1.04 bits per heavy atom. The summed E-state index contributed by atoms with van der Waals surface area (Å²) in [4.78, 5) is 57.7. The van der Waals surface area contributed by atoms with E-state index in [0.717, 1.165) is 20.8 Å². The average Bonchev–Trinajstić information content (AvgIpc) is 2.71. The van der Waals surface area contributed by atoms with Gasteiger partial charge in [-0.15, -0.1) is 0 Å². The molecule has 2 aliphatic rings. The number of urea groups is 1. The zero-order valence-corrected chi connectivity index (χ0v) is 13.1. The lowest BCUT2D eigenvalue weighted by Crippen LogP contribution is -2.70. The molecule has 0 aliphatic carbocycles. The van der Waals surface area contributed by atoms with Gasteiger partial charge in [0.25, 0.3) is 11.6 Å². The van der Waals surface area contributed by atoms with Crippen LogP contribution in [-0.4, -0.2) is 60.5 Å². The molecule has 11 nitrogen and oxygen atoms in total. The fourth-order valence-electron chi connectivity index (χ4n) is 2.54. The van der Waals surface area contributed by atoms with Crippen LogP contribution in [0.2, 0.25) is 0 Å². The molecule has 4 atom stereocenters. The van der Waals surface area contributed by atoms with Crippen LogP contribution in [0.3, 0.4) is 0 Å². The van der Waals surface area contributed by atoms with Gasteiger partial charge in [-0.2, -0.15) is 0 Å². The predicted octanol–water partition coefficient (Wildman–Crippen LogP) is -1.65. The first-order valence-electron chi connectivity index (χ1n) is 6.95. The van der Waals surface area contributed by atoms with Crippen molar-refractivity contribution in [1.29, 1.82) is 0 Å². The molecule has 2 rings (SSSR count). The van der Waals surface area contributed by atoms with Crippen molar-refractivity contribution >= 4 is 29.8 Å². The smallest absolute Gasteiger partial charge is 0.324 e. The van der Waals surface area contributed by atoms with Crippen LogP contribution in [0.1, 0.15) is 20.8 Å². The van der Waals surface area contributed by atoms with Crippen molar-refractivity contribution in [2.75, 3.05) is 6.61 Å². The molecule has 2 heterocycles. The molecule has 0 bridgehead atoms.